The number of aromatic nitrogens is 1. The zero-order valence-electron chi connectivity index (χ0n) is 24.1. The Kier molecular flexibility index (Phi) is 7.85. The van der Waals surface area contributed by atoms with Crippen LogP contribution in [0.4, 0.5) is 21.0 Å². The number of ketones is 1. The first-order valence-corrected chi connectivity index (χ1v) is 15.6. The van der Waals surface area contributed by atoms with Gasteiger partial charge in [0.2, 0.25) is 11.7 Å². The lowest BCUT2D eigenvalue weighted by Crippen LogP contribution is -2.51. The summed E-state index contributed by atoms with van der Waals surface area (Å²) >= 11 is 1.01. The summed E-state index contributed by atoms with van der Waals surface area (Å²) in [6.07, 6.45) is 7.80. The van der Waals surface area contributed by atoms with E-state index in [1.54, 1.807) is 31.2 Å². The van der Waals surface area contributed by atoms with Gasteiger partial charge in [0.05, 0.1) is 0 Å². The molecular formula is C32H36FN5O4S. The number of carbonyl (C=O) groups is 3. The summed E-state index contributed by atoms with van der Waals surface area (Å²) in [5.74, 6) is 1.42. The average Bonchev–Trinajstić information content (AvgIpc) is 3.36. The van der Waals surface area contributed by atoms with Crippen LogP contribution in [0.5, 0.6) is 5.75 Å². The van der Waals surface area contributed by atoms with E-state index >= 15 is 0 Å². The molecule has 0 saturated heterocycles. The quantitative estimate of drug-likeness (QED) is 0.266. The molecule has 0 aliphatic heterocycles. The lowest BCUT2D eigenvalue weighted by atomic mass is 9.49. The van der Waals surface area contributed by atoms with Crippen molar-refractivity contribution in [2.75, 3.05) is 23.8 Å². The maximum Gasteiger partial charge on any atom is 0.257 e. The Morgan fingerprint density at radius 1 is 1.05 bits per heavy atom. The van der Waals surface area contributed by atoms with Crippen LogP contribution in [0.25, 0.3) is 0 Å². The van der Waals surface area contributed by atoms with Crippen molar-refractivity contribution in [2.24, 2.45) is 28.9 Å². The fraction of sp³-hybridized carbons (Fsp3) is 0.438. The molecule has 0 radical (unpaired) electrons. The van der Waals surface area contributed by atoms with Crippen molar-refractivity contribution >= 4 is 45.6 Å². The molecule has 1 unspecified atom stereocenters. The van der Waals surface area contributed by atoms with Crippen LogP contribution >= 0.6 is 11.3 Å². The minimum absolute atomic E-state index is 0.00445. The standard InChI is InChI=1S/C32H36FN5O4S/c1-18(30(35)41)38(24-6-4-23(33)5-7-24)31-37-29(34)28(43-31)27(40)22-2-8-25(9-3-22)42-16-26(39)36-17-32-13-19-10-20(14-32)12-21(11-19)15-32/h2-9,18-21H,10-17,34H2,1H3,(H2,35,41)(H,36,39). The van der Waals surface area contributed by atoms with Gasteiger partial charge in [0, 0.05) is 17.8 Å². The van der Waals surface area contributed by atoms with Crippen LogP contribution in [0, 0.1) is 29.0 Å². The number of amides is 2. The number of carbonyl (C=O) groups excluding carboxylic acids is 3. The van der Waals surface area contributed by atoms with Crippen molar-refractivity contribution in [1.29, 1.82) is 0 Å². The highest BCUT2D eigenvalue weighted by molar-refractivity contribution is 7.18. The molecular weight excluding hydrogens is 569 g/mol. The number of thiazole rings is 1. The number of hydrogen-bond donors (Lipinski definition) is 3. The second-order valence-corrected chi connectivity index (χ2v) is 13.4. The summed E-state index contributed by atoms with van der Waals surface area (Å²) in [6.45, 7) is 2.22. The first kappa shape index (κ1) is 29.1. The predicted octanol–water partition coefficient (Wildman–Crippen LogP) is 4.82. The molecule has 43 heavy (non-hydrogen) atoms. The molecule has 1 aromatic heterocycles. The van der Waals surface area contributed by atoms with Crippen molar-refractivity contribution < 1.29 is 23.5 Å². The van der Waals surface area contributed by atoms with Crippen molar-refractivity contribution in [2.45, 2.75) is 51.5 Å². The second kappa shape index (κ2) is 11.6. The summed E-state index contributed by atoms with van der Waals surface area (Å²) < 4.78 is 19.2. The zero-order chi connectivity index (χ0) is 30.3. The minimum Gasteiger partial charge on any atom is -0.484 e. The molecule has 5 N–H and O–H groups in total. The van der Waals surface area contributed by atoms with E-state index in [1.807, 2.05) is 0 Å². The van der Waals surface area contributed by atoms with Crippen molar-refractivity contribution in [3.63, 3.8) is 0 Å². The van der Waals surface area contributed by atoms with Crippen LogP contribution in [0.3, 0.4) is 0 Å². The Balaban J connectivity index is 1.07. The number of rotatable bonds is 11. The van der Waals surface area contributed by atoms with Gasteiger partial charge >= 0.3 is 0 Å². The SMILES string of the molecule is CC(C(N)=O)N(c1ccc(F)cc1)c1nc(N)c(C(=O)c2ccc(OCC(=O)NCC34CC5CC(CC(C5)C3)C4)cc2)s1. The molecule has 4 fully saturated rings. The first-order valence-electron chi connectivity index (χ1n) is 14.7. The molecule has 3 aromatic rings. The fourth-order valence-corrected chi connectivity index (χ4v) is 8.69. The maximum atomic E-state index is 13.5. The zero-order valence-corrected chi connectivity index (χ0v) is 24.9. The molecule has 1 atom stereocenters. The van der Waals surface area contributed by atoms with E-state index in [9.17, 15) is 18.8 Å². The third kappa shape index (κ3) is 6.08. The third-order valence-corrected chi connectivity index (χ3v) is 10.3. The topological polar surface area (TPSA) is 141 Å². The van der Waals surface area contributed by atoms with Gasteiger partial charge in [0.25, 0.3) is 5.91 Å². The fourth-order valence-electron chi connectivity index (χ4n) is 7.64. The van der Waals surface area contributed by atoms with Gasteiger partial charge in [-0.05, 0) is 117 Å². The van der Waals surface area contributed by atoms with Gasteiger partial charge in [-0.3, -0.25) is 14.4 Å². The van der Waals surface area contributed by atoms with Crippen LogP contribution in [0.15, 0.2) is 48.5 Å². The van der Waals surface area contributed by atoms with Crippen LogP contribution in [0.1, 0.15) is 60.7 Å². The Hall–Kier alpha value is -3.99. The summed E-state index contributed by atoms with van der Waals surface area (Å²) in [7, 11) is 0. The van der Waals surface area contributed by atoms with Crippen LogP contribution in [-0.4, -0.2) is 41.8 Å². The van der Waals surface area contributed by atoms with Gasteiger partial charge in [-0.1, -0.05) is 11.3 Å². The van der Waals surface area contributed by atoms with Crippen molar-refractivity contribution in [3.8, 4) is 5.75 Å². The smallest absolute Gasteiger partial charge is 0.257 e. The largest absolute Gasteiger partial charge is 0.484 e. The predicted molar refractivity (Wildman–Crippen MR) is 163 cm³/mol. The molecule has 11 heteroatoms. The Bertz CT molecular complexity index is 1490. The van der Waals surface area contributed by atoms with E-state index in [1.165, 1.54) is 67.7 Å². The van der Waals surface area contributed by atoms with Crippen LogP contribution in [0.2, 0.25) is 0 Å². The summed E-state index contributed by atoms with van der Waals surface area (Å²) in [4.78, 5) is 44.0. The second-order valence-electron chi connectivity index (χ2n) is 12.5. The van der Waals surface area contributed by atoms with Gasteiger partial charge in [0.15, 0.2) is 11.7 Å². The van der Waals surface area contributed by atoms with Crippen LogP contribution < -0.4 is 26.4 Å². The molecule has 226 valence electrons. The molecule has 4 aliphatic carbocycles. The van der Waals surface area contributed by atoms with E-state index < -0.39 is 17.8 Å². The maximum absolute atomic E-state index is 13.5. The molecule has 2 amide bonds. The summed E-state index contributed by atoms with van der Waals surface area (Å²) in [6, 6.07) is 11.2. The van der Waals surface area contributed by atoms with Gasteiger partial charge in [-0.2, -0.15) is 0 Å². The number of nitrogens with two attached hydrogens (primary N) is 2. The number of anilines is 3. The Morgan fingerprint density at radius 3 is 2.23 bits per heavy atom. The number of hydrogen-bond acceptors (Lipinski definition) is 8. The van der Waals surface area contributed by atoms with E-state index in [0.717, 1.165) is 35.6 Å². The number of nitrogen functional groups attached to an aromatic ring is 1. The minimum atomic E-state index is -0.833. The van der Waals surface area contributed by atoms with Crippen LogP contribution in [-0.2, 0) is 9.59 Å². The van der Waals surface area contributed by atoms with Gasteiger partial charge < -0.3 is 26.4 Å². The van der Waals surface area contributed by atoms with E-state index in [2.05, 4.69) is 10.3 Å². The Labute approximate surface area is 253 Å². The summed E-state index contributed by atoms with van der Waals surface area (Å²) in [5, 5.41) is 3.40. The third-order valence-electron chi connectivity index (χ3n) is 9.27. The monoisotopic (exact) mass is 605 g/mol. The average molecular weight is 606 g/mol. The van der Waals surface area contributed by atoms with Crippen molar-refractivity contribution in [3.05, 3.63) is 64.8 Å². The number of nitrogens with zero attached hydrogens (tertiary/aromatic N) is 2. The van der Waals surface area contributed by atoms with Crippen molar-refractivity contribution in [1.82, 2.24) is 10.3 Å². The molecule has 4 bridgehead atoms. The van der Waals surface area contributed by atoms with E-state index in [-0.39, 0.29) is 39.5 Å². The summed E-state index contributed by atoms with van der Waals surface area (Å²) in [5.41, 5.74) is 12.8. The number of primary amides is 1. The number of ether oxygens (including phenoxy) is 1. The first-order chi connectivity index (χ1) is 20.6. The molecule has 4 aliphatic rings. The molecule has 9 nitrogen and oxygen atoms in total. The number of halogens is 1. The highest BCUT2D eigenvalue weighted by Gasteiger charge is 2.50. The van der Waals surface area contributed by atoms with E-state index in [0.29, 0.717) is 17.0 Å². The normalized spacial score (nSPS) is 24.4. The lowest BCUT2D eigenvalue weighted by Gasteiger charge is -2.56. The molecule has 7 rings (SSSR count). The molecule has 4 saturated carbocycles. The van der Waals surface area contributed by atoms with Gasteiger partial charge in [0.1, 0.15) is 28.3 Å². The van der Waals surface area contributed by atoms with Gasteiger partial charge in [-0.15, -0.1) is 0 Å². The molecule has 1 heterocycles. The Morgan fingerprint density at radius 2 is 1.65 bits per heavy atom. The lowest BCUT2D eigenvalue weighted by molar-refractivity contribution is -0.125. The highest BCUT2D eigenvalue weighted by Crippen LogP contribution is 2.59. The highest BCUT2D eigenvalue weighted by atomic mass is 32.1. The molecule has 0 spiro atoms. The van der Waals surface area contributed by atoms with E-state index in [4.69, 9.17) is 16.2 Å². The molecule has 2 aromatic carbocycles. The van der Waals surface area contributed by atoms with Gasteiger partial charge in [-0.25, -0.2) is 9.37 Å². The number of nitrogens with one attached hydrogen (secondary N) is 1. The number of benzene rings is 2.